The van der Waals surface area contributed by atoms with Crippen LogP contribution in [-0.2, 0) is 21.3 Å². The van der Waals surface area contributed by atoms with E-state index in [1.54, 1.807) is 10.7 Å². The van der Waals surface area contributed by atoms with E-state index in [1.165, 1.54) is 6.42 Å². The molecular weight excluding hydrogens is 446 g/mol. The Morgan fingerprint density at radius 2 is 1.80 bits per heavy atom. The van der Waals surface area contributed by atoms with E-state index in [1.807, 2.05) is 53.0 Å². The van der Waals surface area contributed by atoms with Crippen LogP contribution in [0.4, 0.5) is 0 Å². The number of carbonyl (C=O) groups is 1. The number of likely N-dealkylation sites (tertiary alicyclic amines) is 1. The van der Waals surface area contributed by atoms with Crippen LogP contribution < -0.4 is 5.56 Å². The van der Waals surface area contributed by atoms with Gasteiger partial charge in [-0.3, -0.25) is 14.3 Å². The second-order valence-corrected chi connectivity index (χ2v) is 9.36. The van der Waals surface area contributed by atoms with Crippen molar-refractivity contribution >= 4 is 5.91 Å². The molecule has 190 valence electrons. The molecule has 35 heavy (non-hydrogen) atoms. The first-order valence-electron chi connectivity index (χ1n) is 12.8. The summed E-state index contributed by atoms with van der Waals surface area (Å²) in [5.74, 6) is -0.00935. The van der Waals surface area contributed by atoms with Gasteiger partial charge in [0.25, 0.3) is 11.5 Å². The normalized spacial score (nSPS) is 21.1. The average molecular weight is 484 g/mol. The summed E-state index contributed by atoms with van der Waals surface area (Å²) in [6, 6.07) is 11.2. The Bertz CT molecular complexity index is 1050. The van der Waals surface area contributed by atoms with E-state index in [2.05, 4.69) is 0 Å². The van der Waals surface area contributed by atoms with Gasteiger partial charge in [-0.2, -0.15) is 0 Å². The Morgan fingerprint density at radius 1 is 1.09 bits per heavy atom. The fraction of sp³-hybridized carbons (Fsp3) is 0.556. The lowest BCUT2D eigenvalue weighted by atomic mass is 9.97. The molecule has 1 aromatic carbocycles. The van der Waals surface area contributed by atoms with Crippen LogP contribution in [0.2, 0.25) is 0 Å². The summed E-state index contributed by atoms with van der Waals surface area (Å²) in [5.41, 5.74) is 1.48. The van der Waals surface area contributed by atoms with Crippen LogP contribution in [-0.4, -0.2) is 57.9 Å². The van der Waals surface area contributed by atoms with Crippen molar-refractivity contribution in [1.29, 1.82) is 0 Å². The Balaban J connectivity index is 1.61. The molecule has 0 bridgehead atoms. The summed E-state index contributed by atoms with van der Waals surface area (Å²) in [7, 11) is 1.87. The van der Waals surface area contributed by atoms with Crippen molar-refractivity contribution in [3.8, 4) is 5.69 Å². The zero-order valence-corrected chi connectivity index (χ0v) is 20.6. The van der Waals surface area contributed by atoms with E-state index in [0.29, 0.717) is 31.6 Å². The summed E-state index contributed by atoms with van der Waals surface area (Å²) in [6.45, 7) is 2.02. The number of carbonyl (C=O) groups excluding carboxylic acids is 1. The van der Waals surface area contributed by atoms with Gasteiger partial charge in [0.05, 0.1) is 12.3 Å². The Hall–Kier alpha value is -2.84. The molecule has 3 heterocycles. The van der Waals surface area contributed by atoms with E-state index >= 15 is 0 Å². The number of aliphatic hydroxyl groups excluding tert-OH is 1. The minimum atomic E-state index is -0.590. The van der Waals surface area contributed by atoms with E-state index in [0.717, 1.165) is 50.2 Å². The van der Waals surface area contributed by atoms with Crippen LogP contribution in [0.5, 0.6) is 0 Å². The standard InChI is InChI=1S/C27H37N3O5/c1-28-23(20-25(32)30(28)22-12-6-5-7-13-22)21-18-24(35-26(19-21)34-17-11-10-16-31)27(33)29-14-8-3-2-4-9-15-29/h5-7,12-13,18,20-21,26,31H,2-4,8-11,14-17,19H2,1H3/t21-,26+/m1/s1. The minimum absolute atomic E-state index is 0.104. The predicted octanol–water partition coefficient (Wildman–Crippen LogP) is 3.47. The lowest BCUT2D eigenvalue weighted by molar-refractivity contribution is -0.153. The van der Waals surface area contributed by atoms with Crippen LogP contribution >= 0.6 is 0 Å². The van der Waals surface area contributed by atoms with Gasteiger partial charge in [0, 0.05) is 50.8 Å². The van der Waals surface area contributed by atoms with Crippen molar-refractivity contribution in [3.63, 3.8) is 0 Å². The first-order valence-corrected chi connectivity index (χ1v) is 12.8. The predicted molar refractivity (Wildman–Crippen MR) is 133 cm³/mol. The molecule has 8 nitrogen and oxygen atoms in total. The lowest BCUT2D eigenvalue weighted by Gasteiger charge is -2.32. The maximum atomic E-state index is 13.5. The van der Waals surface area contributed by atoms with E-state index < -0.39 is 6.29 Å². The van der Waals surface area contributed by atoms with Crippen LogP contribution in [0.15, 0.2) is 53.0 Å². The highest BCUT2D eigenvalue weighted by Gasteiger charge is 2.32. The van der Waals surface area contributed by atoms with E-state index in [9.17, 15) is 9.59 Å². The number of hydrogen-bond donors (Lipinski definition) is 1. The van der Waals surface area contributed by atoms with E-state index in [-0.39, 0.29) is 24.0 Å². The molecule has 2 atom stereocenters. The van der Waals surface area contributed by atoms with Gasteiger partial charge in [-0.05, 0) is 43.9 Å². The van der Waals surface area contributed by atoms with Gasteiger partial charge in [-0.25, -0.2) is 4.68 Å². The number of rotatable bonds is 8. The second-order valence-electron chi connectivity index (χ2n) is 9.36. The molecule has 0 radical (unpaired) electrons. The first-order chi connectivity index (χ1) is 17.1. The average Bonchev–Trinajstić information content (AvgIpc) is 3.15. The number of aliphatic hydroxyl groups is 1. The quantitative estimate of drug-likeness (QED) is 0.581. The number of nitrogens with zero attached hydrogens (tertiary/aromatic N) is 3. The smallest absolute Gasteiger partial charge is 0.288 e. The summed E-state index contributed by atoms with van der Waals surface area (Å²) in [5, 5.41) is 9.07. The molecule has 2 aliphatic rings. The van der Waals surface area contributed by atoms with Gasteiger partial charge in [0.15, 0.2) is 5.76 Å². The molecule has 1 N–H and O–H groups in total. The van der Waals surface area contributed by atoms with Crippen molar-refractivity contribution in [2.24, 2.45) is 7.05 Å². The third-order valence-electron chi connectivity index (χ3n) is 6.80. The summed E-state index contributed by atoms with van der Waals surface area (Å²) in [4.78, 5) is 28.3. The molecule has 1 fully saturated rings. The Morgan fingerprint density at radius 3 is 2.51 bits per heavy atom. The van der Waals surface area contributed by atoms with Crippen LogP contribution in [0.1, 0.15) is 63.0 Å². The highest BCUT2D eigenvalue weighted by molar-refractivity contribution is 5.91. The molecule has 0 saturated carbocycles. The summed E-state index contributed by atoms with van der Waals surface area (Å²) in [6.07, 6.45) is 8.63. The number of benzene rings is 1. The van der Waals surface area contributed by atoms with Crippen LogP contribution in [0, 0.1) is 0 Å². The Kier molecular flexibility index (Phi) is 8.82. The van der Waals surface area contributed by atoms with Gasteiger partial charge in [0.1, 0.15) is 0 Å². The largest absolute Gasteiger partial charge is 0.459 e. The molecule has 2 aliphatic heterocycles. The fourth-order valence-electron chi connectivity index (χ4n) is 4.91. The molecule has 0 unspecified atom stereocenters. The molecular formula is C27H37N3O5. The van der Waals surface area contributed by atoms with Crippen molar-refractivity contribution in [3.05, 3.63) is 64.3 Å². The molecule has 8 heteroatoms. The van der Waals surface area contributed by atoms with Gasteiger partial charge in [0.2, 0.25) is 6.29 Å². The minimum Gasteiger partial charge on any atom is -0.459 e. The summed E-state index contributed by atoms with van der Waals surface area (Å²) < 4.78 is 15.5. The number of allylic oxidation sites excluding steroid dienone is 1. The topological polar surface area (TPSA) is 85.9 Å². The number of unbranched alkanes of at least 4 members (excludes halogenated alkanes) is 1. The number of para-hydroxylation sites is 1. The highest BCUT2D eigenvalue weighted by atomic mass is 16.7. The lowest BCUT2D eigenvalue weighted by Crippen LogP contribution is -2.38. The molecule has 1 amide bonds. The Labute approximate surface area is 206 Å². The van der Waals surface area contributed by atoms with Gasteiger partial charge in [-0.15, -0.1) is 0 Å². The van der Waals surface area contributed by atoms with Crippen molar-refractivity contribution in [2.45, 2.75) is 63.6 Å². The third kappa shape index (κ3) is 6.24. The molecule has 1 aromatic heterocycles. The highest BCUT2D eigenvalue weighted by Crippen LogP contribution is 2.32. The van der Waals surface area contributed by atoms with Crippen molar-refractivity contribution in [1.82, 2.24) is 14.3 Å². The molecule has 1 saturated heterocycles. The molecule has 0 spiro atoms. The first kappa shape index (κ1) is 25.3. The number of amides is 1. The molecule has 0 aliphatic carbocycles. The zero-order valence-electron chi connectivity index (χ0n) is 20.6. The van der Waals surface area contributed by atoms with Gasteiger partial charge < -0.3 is 19.5 Å². The third-order valence-corrected chi connectivity index (χ3v) is 6.80. The maximum absolute atomic E-state index is 13.5. The van der Waals surface area contributed by atoms with Crippen LogP contribution in [0.3, 0.4) is 0 Å². The number of aromatic nitrogens is 2. The monoisotopic (exact) mass is 483 g/mol. The van der Waals surface area contributed by atoms with Gasteiger partial charge >= 0.3 is 0 Å². The van der Waals surface area contributed by atoms with Crippen molar-refractivity contribution in [2.75, 3.05) is 26.3 Å². The second kappa shape index (κ2) is 12.2. The maximum Gasteiger partial charge on any atom is 0.288 e. The molecule has 4 rings (SSSR count). The van der Waals surface area contributed by atoms with Gasteiger partial charge in [-0.1, -0.05) is 37.5 Å². The SMILES string of the molecule is Cn1c([C@@H]2C=C(C(=O)N3CCCCCCC3)O[C@H](OCCCCO)C2)cc(=O)n1-c1ccccc1. The zero-order chi connectivity index (χ0) is 24.6. The number of ether oxygens (including phenoxy) is 2. The fourth-order valence-corrected chi connectivity index (χ4v) is 4.91. The van der Waals surface area contributed by atoms with Crippen LogP contribution in [0.25, 0.3) is 5.69 Å². The summed E-state index contributed by atoms with van der Waals surface area (Å²) >= 11 is 0. The number of hydrogen-bond acceptors (Lipinski definition) is 5. The van der Waals surface area contributed by atoms with Crippen molar-refractivity contribution < 1.29 is 19.4 Å². The molecule has 2 aromatic rings. The van der Waals surface area contributed by atoms with E-state index in [4.69, 9.17) is 14.6 Å².